The molecule has 11 heteroatoms. The summed E-state index contributed by atoms with van der Waals surface area (Å²) in [4.78, 5) is 41.7. The molecule has 0 unspecified atom stereocenters. The van der Waals surface area contributed by atoms with Gasteiger partial charge in [0, 0.05) is 20.6 Å². The van der Waals surface area contributed by atoms with Crippen LogP contribution in [0.15, 0.2) is 19.9 Å². The molecule has 3 heterocycles. The van der Waals surface area contributed by atoms with Gasteiger partial charge in [-0.1, -0.05) is 10.3 Å². The Balaban J connectivity index is 1.99. The van der Waals surface area contributed by atoms with Crippen molar-refractivity contribution in [3.63, 3.8) is 0 Å². The minimum Gasteiger partial charge on any atom is -0.480 e. The Hall–Kier alpha value is -2.98. The lowest BCUT2D eigenvalue weighted by Gasteiger charge is -2.14. The van der Waals surface area contributed by atoms with Gasteiger partial charge in [-0.05, 0) is 12.8 Å². The van der Waals surface area contributed by atoms with Crippen molar-refractivity contribution in [1.82, 2.24) is 24.1 Å². The predicted molar refractivity (Wildman–Crippen MR) is 78.5 cm³/mol. The first-order valence-corrected chi connectivity index (χ1v) is 6.97. The van der Waals surface area contributed by atoms with Gasteiger partial charge in [0.1, 0.15) is 6.04 Å². The van der Waals surface area contributed by atoms with Gasteiger partial charge in [0.2, 0.25) is 0 Å². The van der Waals surface area contributed by atoms with Crippen molar-refractivity contribution in [2.75, 3.05) is 6.54 Å². The summed E-state index contributed by atoms with van der Waals surface area (Å²) < 4.78 is 2.19. The van der Waals surface area contributed by atoms with Crippen molar-refractivity contribution in [2.45, 2.75) is 18.9 Å². The average Bonchev–Trinajstić information content (AvgIpc) is 3.15. The number of aromatic nitrogens is 4. The third-order valence-corrected chi connectivity index (χ3v) is 3.85. The van der Waals surface area contributed by atoms with Gasteiger partial charge < -0.3 is 10.1 Å². The van der Waals surface area contributed by atoms with E-state index in [1.807, 2.05) is 0 Å². The molecular formula is C12H15N7O4. The highest BCUT2D eigenvalue weighted by molar-refractivity contribution is 5.73. The van der Waals surface area contributed by atoms with Gasteiger partial charge in [0.05, 0.1) is 0 Å². The van der Waals surface area contributed by atoms with Gasteiger partial charge in [0.15, 0.2) is 11.2 Å². The monoisotopic (exact) mass is 321 g/mol. The number of carboxylic acids is 1. The Morgan fingerprint density at radius 3 is 2.78 bits per heavy atom. The van der Waals surface area contributed by atoms with Crippen molar-refractivity contribution >= 4 is 23.1 Å². The van der Waals surface area contributed by atoms with E-state index in [1.54, 1.807) is 0 Å². The first kappa shape index (κ1) is 14.9. The van der Waals surface area contributed by atoms with Gasteiger partial charge in [-0.3, -0.25) is 18.9 Å². The molecule has 0 aliphatic carbocycles. The van der Waals surface area contributed by atoms with E-state index >= 15 is 0 Å². The maximum Gasteiger partial charge on any atom is 0.332 e. The number of carboxylic acid groups (broad SMARTS) is 1. The summed E-state index contributed by atoms with van der Waals surface area (Å²) in [6.45, 7) is 0.487. The second kappa shape index (κ2) is 5.34. The van der Waals surface area contributed by atoms with Crippen LogP contribution in [0.2, 0.25) is 0 Å². The Labute approximate surface area is 128 Å². The van der Waals surface area contributed by atoms with Crippen molar-refractivity contribution in [1.29, 1.82) is 0 Å². The third-order valence-electron chi connectivity index (χ3n) is 3.85. The number of nitrogens with one attached hydrogen (secondary N) is 1. The summed E-state index contributed by atoms with van der Waals surface area (Å²) in [7, 11) is 2.86. The number of hydrogen-bond acceptors (Lipinski definition) is 6. The highest BCUT2D eigenvalue weighted by Crippen LogP contribution is 2.19. The van der Waals surface area contributed by atoms with Crippen LogP contribution >= 0.6 is 0 Å². The summed E-state index contributed by atoms with van der Waals surface area (Å²) >= 11 is 0. The van der Waals surface area contributed by atoms with Crippen molar-refractivity contribution < 1.29 is 9.90 Å². The van der Waals surface area contributed by atoms with E-state index in [9.17, 15) is 14.4 Å². The second-order valence-corrected chi connectivity index (χ2v) is 5.31. The molecule has 11 nitrogen and oxygen atoms in total. The number of H-pyrrole nitrogens is 1. The zero-order valence-corrected chi connectivity index (χ0v) is 12.6. The third kappa shape index (κ3) is 2.39. The number of rotatable bonds is 3. The molecule has 0 spiro atoms. The van der Waals surface area contributed by atoms with Crippen LogP contribution in [0.25, 0.3) is 11.2 Å². The van der Waals surface area contributed by atoms with Crippen LogP contribution in [0.4, 0.5) is 5.95 Å². The molecule has 1 aliphatic heterocycles. The van der Waals surface area contributed by atoms with Gasteiger partial charge in [-0.25, -0.2) is 9.59 Å². The van der Waals surface area contributed by atoms with E-state index in [4.69, 9.17) is 5.11 Å². The minimum absolute atomic E-state index is 0.0364. The van der Waals surface area contributed by atoms with Gasteiger partial charge in [0.25, 0.3) is 11.5 Å². The summed E-state index contributed by atoms with van der Waals surface area (Å²) in [5.74, 6) is -0.920. The molecule has 1 saturated heterocycles. The van der Waals surface area contributed by atoms with Gasteiger partial charge in [-0.15, -0.1) is 0 Å². The summed E-state index contributed by atoms with van der Waals surface area (Å²) in [6, 6.07) is -0.708. The quantitative estimate of drug-likeness (QED) is 0.731. The number of nitrogens with zero attached hydrogens (tertiary/aromatic N) is 6. The number of aryl methyl sites for hydroxylation is 1. The molecule has 0 saturated carbocycles. The predicted octanol–water partition coefficient (Wildman–Crippen LogP) is -0.492. The number of fused-ring (bicyclic) bond motifs is 1. The molecule has 23 heavy (non-hydrogen) atoms. The Bertz CT molecular complexity index is 922. The first-order chi connectivity index (χ1) is 10.9. The molecule has 122 valence electrons. The Morgan fingerprint density at radius 2 is 2.09 bits per heavy atom. The van der Waals surface area contributed by atoms with Crippen LogP contribution in [-0.4, -0.2) is 47.8 Å². The average molecular weight is 321 g/mol. The maximum absolute atomic E-state index is 12.0. The van der Waals surface area contributed by atoms with E-state index in [2.05, 4.69) is 20.3 Å². The van der Waals surface area contributed by atoms with Crippen molar-refractivity contribution in [3.8, 4) is 0 Å². The lowest BCUT2D eigenvalue weighted by atomic mass is 10.2. The molecule has 1 fully saturated rings. The van der Waals surface area contributed by atoms with Crippen LogP contribution in [0.1, 0.15) is 12.8 Å². The second-order valence-electron chi connectivity index (χ2n) is 5.31. The fourth-order valence-corrected chi connectivity index (χ4v) is 2.57. The minimum atomic E-state index is -0.956. The number of aromatic amines is 1. The maximum atomic E-state index is 12.0. The van der Waals surface area contributed by atoms with Crippen LogP contribution in [0.5, 0.6) is 0 Å². The van der Waals surface area contributed by atoms with E-state index in [0.29, 0.717) is 19.4 Å². The zero-order valence-electron chi connectivity index (χ0n) is 12.6. The van der Waals surface area contributed by atoms with E-state index < -0.39 is 23.3 Å². The van der Waals surface area contributed by atoms with Gasteiger partial charge in [-0.2, -0.15) is 4.98 Å². The molecule has 3 rings (SSSR count). The molecule has 0 radical (unpaired) electrons. The van der Waals surface area contributed by atoms with Crippen LogP contribution in [0.3, 0.4) is 0 Å². The number of aliphatic carboxylic acids is 1. The molecule has 2 aromatic heterocycles. The van der Waals surface area contributed by atoms with E-state index in [-0.39, 0.29) is 17.1 Å². The normalized spacial score (nSPS) is 18.3. The molecule has 1 atom stereocenters. The Kier molecular flexibility index (Phi) is 3.47. The van der Waals surface area contributed by atoms with E-state index in [0.717, 1.165) is 4.57 Å². The summed E-state index contributed by atoms with van der Waals surface area (Å²) in [6.07, 6.45) is 1.22. The molecule has 1 aliphatic rings. The topological polar surface area (TPSA) is 138 Å². The van der Waals surface area contributed by atoms with Crippen molar-refractivity contribution in [2.24, 2.45) is 24.4 Å². The SMILES string of the molecule is Cn1c(=O)c2[nH]c(/N=N/N3CCC[C@H]3C(=O)O)nc2n(C)c1=O. The van der Waals surface area contributed by atoms with Crippen LogP contribution in [0, 0.1) is 0 Å². The highest BCUT2D eigenvalue weighted by atomic mass is 16.4. The number of carbonyl (C=O) groups is 1. The molecule has 0 aromatic carbocycles. The first-order valence-electron chi connectivity index (χ1n) is 6.97. The smallest absolute Gasteiger partial charge is 0.332 e. The zero-order chi connectivity index (χ0) is 16.7. The summed E-state index contributed by atoms with van der Waals surface area (Å²) in [5, 5.41) is 18.2. The lowest BCUT2D eigenvalue weighted by Crippen LogP contribution is -2.36. The fraction of sp³-hybridized carbons (Fsp3) is 0.500. The lowest BCUT2D eigenvalue weighted by molar-refractivity contribution is -0.142. The van der Waals surface area contributed by atoms with Crippen molar-refractivity contribution in [3.05, 3.63) is 20.8 Å². The highest BCUT2D eigenvalue weighted by Gasteiger charge is 2.30. The summed E-state index contributed by atoms with van der Waals surface area (Å²) in [5.41, 5.74) is -0.701. The largest absolute Gasteiger partial charge is 0.480 e. The molecular weight excluding hydrogens is 306 g/mol. The molecule has 2 aromatic rings. The fourth-order valence-electron chi connectivity index (χ4n) is 2.57. The van der Waals surface area contributed by atoms with E-state index in [1.165, 1.54) is 23.7 Å². The number of hydrogen-bond donors (Lipinski definition) is 2. The molecule has 2 N–H and O–H groups in total. The standard InChI is InChI=1S/C12H15N7O4/c1-17-8-7(9(20)18(2)12(17)23)13-11(14-8)15-16-19-5-3-4-6(19)10(21)22/h6H,3-5H2,1-2H3,(H,13,14)(H,21,22)/b16-15+/t6-/m0/s1. The molecule has 0 bridgehead atoms. The van der Waals surface area contributed by atoms with Crippen LogP contribution in [-0.2, 0) is 18.9 Å². The van der Waals surface area contributed by atoms with Crippen LogP contribution < -0.4 is 11.2 Å². The molecule has 0 amide bonds. The number of imidazole rings is 1. The van der Waals surface area contributed by atoms with Gasteiger partial charge >= 0.3 is 11.7 Å². The Morgan fingerprint density at radius 1 is 1.35 bits per heavy atom.